The van der Waals surface area contributed by atoms with Gasteiger partial charge in [-0.1, -0.05) is 0 Å². The number of rotatable bonds is 7. The molecule has 12 nitrogen and oxygen atoms in total. The van der Waals surface area contributed by atoms with Crippen LogP contribution in [0.5, 0.6) is 0 Å². The van der Waals surface area contributed by atoms with E-state index >= 15 is 0 Å². The first-order valence-electron chi connectivity index (χ1n) is 9.54. The van der Waals surface area contributed by atoms with Gasteiger partial charge in [-0.15, -0.1) is 0 Å². The zero-order chi connectivity index (χ0) is 22.4. The highest BCUT2D eigenvalue weighted by Crippen LogP contribution is 2.39. The molecule has 5 N–H and O–H groups in total. The van der Waals surface area contributed by atoms with Crippen molar-refractivity contribution in [3.05, 3.63) is 18.2 Å². The predicted molar refractivity (Wildman–Crippen MR) is 99.5 cm³/mol. The van der Waals surface area contributed by atoms with Crippen molar-refractivity contribution in [2.45, 2.75) is 55.6 Å². The number of ether oxygens (including phenoxy) is 2. The van der Waals surface area contributed by atoms with Crippen molar-refractivity contribution >= 4 is 19.1 Å². The number of aliphatic hydroxyl groups is 2. The summed E-state index contributed by atoms with van der Waals surface area (Å²) in [5, 5.41) is 27.4. The van der Waals surface area contributed by atoms with Crippen LogP contribution in [0.4, 0.5) is 14.6 Å². The summed E-state index contributed by atoms with van der Waals surface area (Å²) in [6, 6.07) is -1.09. The van der Waals surface area contributed by atoms with Crippen molar-refractivity contribution in [3.63, 3.8) is 0 Å². The van der Waals surface area contributed by atoms with Crippen molar-refractivity contribution < 1.29 is 42.8 Å². The summed E-state index contributed by atoms with van der Waals surface area (Å²) in [5.74, 6) is -2.77. The molecule has 172 valence electrons. The average molecular weight is 465 g/mol. The third kappa shape index (κ3) is 4.55. The number of aliphatic hydroxyl groups excluding tert-OH is 2. The van der Waals surface area contributed by atoms with E-state index in [-0.39, 0.29) is 36.6 Å². The molecule has 3 heterocycles. The van der Waals surface area contributed by atoms with Gasteiger partial charge in [-0.05, 0) is 12.8 Å². The lowest BCUT2D eigenvalue weighted by atomic mass is 10.1. The van der Waals surface area contributed by atoms with E-state index in [0.717, 1.165) is 6.33 Å². The Bertz CT molecular complexity index is 988. The van der Waals surface area contributed by atoms with E-state index in [1.807, 2.05) is 0 Å². The van der Waals surface area contributed by atoms with E-state index in [1.54, 1.807) is 0 Å². The molecule has 0 amide bonds. The molecule has 15 heteroatoms. The van der Waals surface area contributed by atoms with Crippen LogP contribution in [0, 0.1) is 0 Å². The monoisotopic (exact) mass is 465 g/mol. The van der Waals surface area contributed by atoms with Crippen molar-refractivity contribution in [1.82, 2.24) is 19.6 Å². The van der Waals surface area contributed by atoms with Crippen molar-refractivity contribution in [1.29, 1.82) is 0 Å². The molecule has 0 bridgehead atoms. The van der Waals surface area contributed by atoms with Crippen LogP contribution in [0.2, 0.25) is 0 Å². The van der Waals surface area contributed by atoms with E-state index < -0.39 is 50.3 Å². The summed E-state index contributed by atoms with van der Waals surface area (Å²) in [7, 11) is -4.39. The number of nitrogens with one attached hydrogen (secondary N) is 1. The largest absolute Gasteiger partial charge is 0.387 e. The van der Waals surface area contributed by atoms with Crippen molar-refractivity contribution in [2.75, 3.05) is 18.3 Å². The molecule has 2 aromatic rings. The molecule has 0 spiro atoms. The van der Waals surface area contributed by atoms with E-state index in [2.05, 4.69) is 20.4 Å². The van der Waals surface area contributed by atoms with Crippen LogP contribution in [0.15, 0.2) is 12.5 Å². The average Bonchev–Trinajstić information content (AvgIpc) is 3.33. The molecule has 2 aliphatic rings. The fourth-order valence-corrected chi connectivity index (χ4v) is 4.16. The van der Waals surface area contributed by atoms with E-state index in [1.165, 1.54) is 10.7 Å². The van der Waals surface area contributed by atoms with Crippen LogP contribution >= 0.6 is 7.60 Å². The maximum atomic E-state index is 14.0. The van der Waals surface area contributed by atoms with E-state index in [0.29, 0.717) is 6.42 Å². The summed E-state index contributed by atoms with van der Waals surface area (Å²) in [6.07, 6.45) is -2.90. The van der Waals surface area contributed by atoms with Crippen LogP contribution in [0.25, 0.3) is 5.65 Å². The number of hydrogen-bond acceptors (Lipinski definition) is 9. The molecule has 2 unspecified atom stereocenters. The van der Waals surface area contributed by atoms with Gasteiger partial charge in [0.05, 0.1) is 24.5 Å². The minimum atomic E-state index is -4.39. The molecule has 1 saturated heterocycles. The number of fused-ring (bicyclic) bond motifs is 1. The van der Waals surface area contributed by atoms with Gasteiger partial charge in [-0.25, -0.2) is 23.3 Å². The lowest BCUT2D eigenvalue weighted by Crippen LogP contribution is -2.34. The normalized spacial score (nSPS) is 30.8. The Morgan fingerprint density at radius 2 is 2.10 bits per heavy atom. The van der Waals surface area contributed by atoms with Crippen LogP contribution in [0.1, 0.15) is 31.1 Å². The molecule has 2 aromatic heterocycles. The minimum Gasteiger partial charge on any atom is -0.387 e. The molecule has 31 heavy (non-hydrogen) atoms. The Hall–Kier alpha value is -1.80. The molecule has 0 aromatic carbocycles. The summed E-state index contributed by atoms with van der Waals surface area (Å²) in [4.78, 5) is 25.8. The molecule has 4 rings (SSSR count). The number of nitrogens with zero attached hydrogens (tertiary/aromatic N) is 4. The van der Waals surface area contributed by atoms with Crippen LogP contribution < -0.4 is 5.32 Å². The van der Waals surface area contributed by atoms with Gasteiger partial charge in [0.25, 0.3) is 5.92 Å². The molecule has 5 atom stereocenters. The number of alkyl halides is 2. The zero-order valence-corrected chi connectivity index (χ0v) is 17.0. The Morgan fingerprint density at radius 3 is 2.77 bits per heavy atom. The fraction of sp³-hybridized carbons (Fsp3) is 0.688. The first kappa shape index (κ1) is 22.4. The Balaban J connectivity index is 1.53. The third-order valence-electron chi connectivity index (χ3n) is 5.35. The van der Waals surface area contributed by atoms with Gasteiger partial charge in [-0.3, -0.25) is 4.57 Å². The summed E-state index contributed by atoms with van der Waals surface area (Å²) >= 11 is 0. The van der Waals surface area contributed by atoms with Gasteiger partial charge < -0.3 is 34.8 Å². The molecule has 1 aliphatic heterocycles. The first-order chi connectivity index (χ1) is 14.6. The van der Waals surface area contributed by atoms with Gasteiger partial charge in [0.2, 0.25) is 0 Å². The SMILES string of the molecule is O=P(O)(O)COC[C@H]1OC(c2cnc3c(NC4CCCC4(F)F)ncnn23)[C@H](O)[C@@H]1O. The molecule has 0 radical (unpaired) electrons. The van der Waals surface area contributed by atoms with E-state index in [4.69, 9.17) is 19.3 Å². The lowest BCUT2D eigenvalue weighted by Gasteiger charge is -2.21. The van der Waals surface area contributed by atoms with Gasteiger partial charge in [0.15, 0.2) is 11.5 Å². The Labute approximate surface area is 174 Å². The number of aromatic nitrogens is 4. The van der Waals surface area contributed by atoms with Gasteiger partial charge in [-0.2, -0.15) is 5.10 Å². The molecular weight excluding hydrogens is 443 g/mol. The highest BCUT2D eigenvalue weighted by atomic mass is 31.2. The maximum Gasteiger partial charge on any atom is 0.350 e. The lowest BCUT2D eigenvalue weighted by molar-refractivity contribution is -0.0402. The molecule has 1 saturated carbocycles. The van der Waals surface area contributed by atoms with Crippen LogP contribution in [0.3, 0.4) is 0 Å². The second-order valence-electron chi connectivity index (χ2n) is 7.62. The van der Waals surface area contributed by atoms with Gasteiger partial charge >= 0.3 is 7.60 Å². The molecule has 2 fully saturated rings. The number of anilines is 1. The topological polar surface area (TPSA) is 172 Å². The van der Waals surface area contributed by atoms with Gasteiger partial charge in [0.1, 0.15) is 37.1 Å². The van der Waals surface area contributed by atoms with Crippen LogP contribution in [-0.2, 0) is 14.0 Å². The van der Waals surface area contributed by atoms with E-state index in [9.17, 15) is 23.6 Å². The summed E-state index contributed by atoms with van der Waals surface area (Å²) < 4.78 is 50.6. The van der Waals surface area contributed by atoms with Gasteiger partial charge in [0, 0.05) is 6.42 Å². The fourth-order valence-electron chi connectivity index (χ4n) is 3.82. The quantitative estimate of drug-likeness (QED) is 0.350. The molecular formula is C16H22F2N5O7P. The second-order valence-corrected chi connectivity index (χ2v) is 9.21. The summed E-state index contributed by atoms with van der Waals surface area (Å²) in [5.41, 5.74) is 0.384. The highest BCUT2D eigenvalue weighted by molar-refractivity contribution is 7.51. The Kier molecular flexibility index (Phi) is 5.98. The number of halogens is 2. The standard InChI is InChI=1S/C16H22F2N5O7P/c17-16(18)3-1-2-10(16)22-14-15-19-4-8(23(15)21-6-20-14)13-12(25)11(24)9(30-13)5-29-7-31(26,27)28/h4,6,9-13,24-25H,1-3,5,7H2,(H,20,21,22)(H2,26,27,28)/t9-,10?,11-,12-,13?/m1/s1. The molecule has 1 aliphatic carbocycles. The maximum absolute atomic E-state index is 14.0. The number of imidazole rings is 1. The third-order valence-corrected chi connectivity index (χ3v) is 5.87. The zero-order valence-electron chi connectivity index (χ0n) is 16.1. The van der Waals surface area contributed by atoms with Crippen LogP contribution in [-0.4, -0.2) is 82.8 Å². The number of hydrogen-bond donors (Lipinski definition) is 5. The first-order valence-corrected chi connectivity index (χ1v) is 11.3. The minimum absolute atomic E-state index is 0.0994. The predicted octanol–water partition coefficient (Wildman–Crippen LogP) is 0.0375. The van der Waals surface area contributed by atoms with Crippen molar-refractivity contribution in [3.8, 4) is 0 Å². The second kappa shape index (κ2) is 8.28. The van der Waals surface area contributed by atoms with Crippen molar-refractivity contribution in [2.24, 2.45) is 0 Å². The Morgan fingerprint density at radius 1 is 1.32 bits per heavy atom. The summed E-state index contributed by atoms with van der Waals surface area (Å²) in [6.45, 7) is -0.366. The smallest absolute Gasteiger partial charge is 0.350 e. The highest BCUT2D eigenvalue weighted by Gasteiger charge is 2.46.